The standard InChI is InChI=1S/C20H18F3N5O3S/c1-4-32(25,30)16-8-14(31-19(2,3)11-24)10-26-17(16)28-18(29)15-7-13(20(21,22)23)6-5-12(15)9-27-28/h5-10,25H,4H2,1-3H3. The Morgan fingerprint density at radius 3 is 2.53 bits per heavy atom. The van der Waals surface area contributed by atoms with Crippen LogP contribution in [0.25, 0.3) is 16.6 Å². The third-order valence-electron chi connectivity index (χ3n) is 4.53. The number of benzene rings is 1. The van der Waals surface area contributed by atoms with Crippen LogP contribution in [0.1, 0.15) is 26.3 Å². The Kier molecular flexibility index (Phi) is 5.73. The van der Waals surface area contributed by atoms with Gasteiger partial charge in [-0.1, -0.05) is 13.0 Å². The second-order valence-electron chi connectivity index (χ2n) is 7.34. The number of hydrogen-bond donors (Lipinski definition) is 1. The van der Waals surface area contributed by atoms with Gasteiger partial charge in [-0.3, -0.25) is 4.79 Å². The molecule has 0 aliphatic rings. The highest BCUT2D eigenvalue weighted by atomic mass is 32.2. The molecule has 0 aliphatic heterocycles. The first-order valence-corrected chi connectivity index (χ1v) is 11.0. The molecule has 2 heterocycles. The van der Waals surface area contributed by atoms with Crippen molar-refractivity contribution in [1.29, 1.82) is 10.0 Å². The van der Waals surface area contributed by atoms with Crippen LogP contribution in [0.2, 0.25) is 0 Å². The van der Waals surface area contributed by atoms with Crippen molar-refractivity contribution in [2.75, 3.05) is 5.75 Å². The first kappa shape index (κ1) is 23.2. The van der Waals surface area contributed by atoms with Gasteiger partial charge in [0.2, 0.25) is 0 Å². The molecule has 0 aliphatic carbocycles. The van der Waals surface area contributed by atoms with E-state index in [2.05, 4.69) is 10.1 Å². The SMILES string of the molecule is CCS(=N)(=O)c1cc(OC(C)(C)C#N)cnc1-n1ncc2ccc(C(F)(F)F)cc2c1=O. The lowest BCUT2D eigenvalue weighted by molar-refractivity contribution is -0.137. The molecule has 0 spiro atoms. The minimum Gasteiger partial charge on any atom is -0.471 e. The number of alkyl halides is 3. The molecule has 3 rings (SSSR count). The van der Waals surface area contributed by atoms with Gasteiger partial charge >= 0.3 is 6.18 Å². The highest BCUT2D eigenvalue weighted by Crippen LogP contribution is 2.31. The summed E-state index contributed by atoms with van der Waals surface area (Å²) in [6.45, 7) is 4.48. The summed E-state index contributed by atoms with van der Waals surface area (Å²) in [6.07, 6.45) is -2.31. The fourth-order valence-corrected chi connectivity index (χ4v) is 3.87. The summed E-state index contributed by atoms with van der Waals surface area (Å²) >= 11 is 0. The molecule has 2 aromatic heterocycles. The number of halogens is 3. The second-order valence-corrected chi connectivity index (χ2v) is 9.71. The average Bonchev–Trinajstić information content (AvgIpc) is 2.73. The molecule has 1 atom stereocenters. The van der Waals surface area contributed by atoms with E-state index in [1.54, 1.807) is 0 Å². The zero-order valence-corrected chi connectivity index (χ0v) is 18.0. The maximum atomic E-state index is 13.1. The molecule has 0 saturated carbocycles. The third-order valence-corrected chi connectivity index (χ3v) is 6.35. The van der Waals surface area contributed by atoms with Gasteiger partial charge in [0.15, 0.2) is 11.4 Å². The Morgan fingerprint density at radius 2 is 1.94 bits per heavy atom. The third kappa shape index (κ3) is 4.43. The van der Waals surface area contributed by atoms with Crippen molar-refractivity contribution in [3.8, 4) is 17.6 Å². The number of ether oxygens (including phenoxy) is 1. The summed E-state index contributed by atoms with van der Waals surface area (Å²) in [4.78, 5) is 16.9. The normalized spacial score (nSPS) is 14.0. The molecular weight excluding hydrogens is 447 g/mol. The number of nitrogens with zero attached hydrogens (tertiary/aromatic N) is 4. The zero-order chi connectivity index (χ0) is 23.9. The number of rotatable bonds is 5. The van der Waals surface area contributed by atoms with Crippen LogP contribution in [0.5, 0.6) is 5.75 Å². The van der Waals surface area contributed by atoms with E-state index in [9.17, 15) is 22.2 Å². The van der Waals surface area contributed by atoms with E-state index in [-0.39, 0.29) is 33.0 Å². The predicted octanol–water partition coefficient (Wildman–Crippen LogP) is 3.91. The number of hydrogen-bond acceptors (Lipinski definition) is 7. The fraction of sp³-hybridized carbons (Fsp3) is 0.300. The minimum atomic E-state index is -4.65. The number of fused-ring (bicyclic) bond motifs is 1. The van der Waals surface area contributed by atoms with Crippen molar-refractivity contribution in [2.45, 2.75) is 37.4 Å². The highest BCUT2D eigenvalue weighted by Gasteiger charge is 2.31. The predicted molar refractivity (Wildman–Crippen MR) is 110 cm³/mol. The quantitative estimate of drug-likeness (QED) is 0.610. The molecule has 168 valence electrons. The van der Waals surface area contributed by atoms with Gasteiger partial charge in [-0.15, -0.1) is 0 Å². The number of nitrogens with one attached hydrogen (secondary N) is 1. The molecule has 3 aromatic rings. The molecule has 1 N–H and O–H groups in total. The second kappa shape index (κ2) is 7.90. The first-order valence-electron chi connectivity index (χ1n) is 9.25. The molecule has 0 fully saturated rings. The maximum absolute atomic E-state index is 13.1. The van der Waals surface area contributed by atoms with Crippen molar-refractivity contribution in [3.05, 3.63) is 52.6 Å². The van der Waals surface area contributed by atoms with Crippen LogP contribution < -0.4 is 10.3 Å². The summed E-state index contributed by atoms with van der Waals surface area (Å²) in [5.74, 6) is -0.358. The van der Waals surface area contributed by atoms with Gasteiger partial charge in [-0.05, 0) is 26.0 Å². The van der Waals surface area contributed by atoms with E-state index >= 15 is 0 Å². The van der Waals surface area contributed by atoms with E-state index in [1.165, 1.54) is 33.0 Å². The Morgan fingerprint density at radius 1 is 1.25 bits per heavy atom. The molecule has 1 unspecified atom stereocenters. The van der Waals surface area contributed by atoms with Crippen LogP contribution in [-0.4, -0.2) is 30.3 Å². The van der Waals surface area contributed by atoms with Crippen molar-refractivity contribution in [2.24, 2.45) is 0 Å². The van der Waals surface area contributed by atoms with E-state index < -0.39 is 32.6 Å². The van der Waals surface area contributed by atoms with Crippen molar-refractivity contribution in [1.82, 2.24) is 14.8 Å². The van der Waals surface area contributed by atoms with E-state index in [0.717, 1.165) is 18.3 Å². The lowest BCUT2D eigenvalue weighted by atomic mass is 10.1. The van der Waals surface area contributed by atoms with Gasteiger partial charge in [-0.25, -0.2) is 14.0 Å². The first-order chi connectivity index (χ1) is 14.8. The summed E-state index contributed by atoms with van der Waals surface area (Å²) in [6, 6.07) is 5.84. The summed E-state index contributed by atoms with van der Waals surface area (Å²) < 4.78 is 66.7. The average molecular weight is 465 g/mol. The highest BCUT2D eigenvalue weighted by molar-refractivity contribution is 7.92. The molecule has 8 nitrogen and oxygen atoms in total. The Balaban J connectivity index is 2.28. The van der Waals surface area contributed by atoms with Gasteiger partial charge in [-0.2, -0.15) is 28.2 Å². The Bertz CT molecular complexity index is 1410. The summed E-state index contributed by atoms with van der Waals surface area (Å²) in [7, 11) is -3.47. The molecule has 0 amide bonds. The van der Waals surface area contributed by atoms with Gasteiger partial charge in [0, 0.05) is 17.2 Å². The zero-order valence-electron chi connectivity index (χ0n) is 17.2. The van der Waals surface area contributed by atoms with Crippen LogP contribution in [0, 0.1) is 16.1 Å². The molecule has 32 heavy (non-hydrogen) atoms. The van der Waals surface area contributed by atoms with Gasteiger partial charge in [0.25, 0.3) is 5.56 Å². The Hall–Kier alpha value is -3.46. The Labute approximate surface area is 181 Å². The molecule has 0 bridgehead atoms. The van der Waals surface area contributed by atoms with E-state index in [0.29, 0.717) is 10.7 Å². The van der Waals surface area contributed by atoms with Crippen LogP contribution in [-0.2, 0) is 15.9 Å². The minimum absolute atomic E-state index is 0.0388. The largest absolute Gasteiger partial charge is 0.471 e. The summed E-state index contributed by atoms with van der Waals surface area (Å²) in [5.41, 5.74) is -3.17. The van der Waals surface area contributed by atoms with E-state index in [4.69, 9.17) is 14.8 Å². The molecule has 0 radical (unpaired) electrons. The molecule has 1 aromatic carbocycles. The molecular formula is C20H18F3N5O3S. The van der Waals surface area contributed by atoms with Crippen LogP contribution in [0.4, 0.5) is 13.2 Å². The smallest absolute Gasteiger partial charge is 0.416 e. The monoisotopic (exact) mass is 465 g/mol. The van der Waals surface area contributed by atoms with Crippen LogP contribution in [0.15, 0.2) is 46.3 Å². The lowest BCUT2D eigenvalue weighted by Crippen LogP contribution is -2.27. The molecule has 12 heteroatoms. The van der Waals surface area contributed by atoms with E-state index in [1.807, 2.05) is 6.07 Å². The van der Waals surface area contributed by atoms with Gasteiger partial charge in [0.05, 0.1) is 38.0 Å². The van der Waals surface area contributed by atoms with Gasteiger partial charge in [0.1, 0.15) is 11.8 Å². The molecule has 0 saturated heterocycles. The number of aromatic nitrogens is 3. The topological polar surface area (TPSA) is 122 Å². The van der Waals surface area contributed by atoms with Crippen molar-refractivity contribution < 1.29 is 22.1 Å². The lowest BCUT2D eigenvalue weighted by Gasteiger charge is -2.20. The number of pyridine rings is 1. The van der Waals surface area contributed by atoms with Crippen LogP contribution >= 0.6 is 0 Å². The van der Waals surface area contributed by atoms with Crippen LogP contribution in [0.3, 0.4) is 0 Å². The number of nitriles is 1. The van der Waals surface area contributed by atoms with Crippen molar-refractivity contribution in [3.63, 3.8) is 0 Å². The summed E-state index contributed by atoms with van der Waals surface area (Å²) in [5, 5.41) is 13.0. The van der Waals surface area contributed by atoms with Gasteiger partial charge < -0.3 is 4.74 Å². The maximum Gasteiger partial charge on any atom is 0.416 e. The van der Waals surface area contributed by atoms with Crippen molar-refractivity contribution >= 4 is 20.5 Å². The fourth-order valence-electron chi connectivity index (χ4n) is 2.82.